The third-order valence-corrected chi connectivity index (χ3v) is 3.11. The maximum absolute atomic E-state index is 8.87. The number of hydrogen-bond acceptors (Lipinski definition) is 2. The first-order chi connectivity index (χ1) is 8.11. The molecule has 1 heterocycles. The molecule has 3 nitrogen and oxygen atoms in total. The molecule has 0 unspecified atom stereocenters. The van der Waals surface area contributed by atoms with E-state index in [1.165, 1.54) is 22.3 Å². The molecule has 2 N–H and O–H groups in total. The number of aliphatic hydroxyl groups excluding tert-OH is 1. The Balaban J connectivity index is 2.41. The van der Waals surface area contributed by atoms with Gasteiger partial charge < -0.3 is 10.1 Å². The normalized spacial score (nSPS) is 10.8. The van der Waals surface area contributed by atoms with Crippen molar-refractivity contribution in [1.82, 2.24) is 9.97 Å². The van der Waals surface area contributed by atoms with Gasteiger partial charge in [-0.1, -0.05) is 6.07 Å². The van der Waals surface area contributed by atoms with Crippen LogP contribution in [0.1, 0.15) is 22.5 Å². The molecule has 0 amide bonds. The van der Waals surface area contributed by atoms with E-state index >= 15 is 0 Å². The molecule has 0 aliphatic heterocycles. The van der Waals surface area contributed by atoms with E-state index in [-0.39, 0.29) is 6.61 Å². The van der Waals surface area contributed by atoms with Gasteiger partial charge in [0.15, 0.2) is 0 Å². The molecule has 17 heavy (non-hydrogen) atoms. The number of H-pyrrole nitrogens is 1. The minimum absolute atomic E-state index is 0.124. The van der Waals surface area contributed by atoms with Crippen LogP contribution in [0.15, 0.2) is 18.3 Å². The Bertz CT molecular complexity index is 529. The number of aromatic nitrogens is 2. The molecule has 0 radical (unpaired) electrons. The van der Waals surface area contributed by atoms with Gasteiger partial charge in [-0.2, -0.15) is 0 Å². The molecule has 0 aliphatic rings. The van der Waals surface area contributed by atoms with E-state index in [1.807, 2.05) is 6.20 Å². The van der Waals surface area contributed by atoms with Crippen molar-refractivity contribution in [3.63, 3.8) is 0 Å². The van der Waals surface area contributed by atoms with Crippen LogP contribution < -0.4 is 0 Å². The number of aliphatic hydroxyl groups is 1. The summed E-state index contributed by atoms with van der Waals surface area (Å²) in [6.45, 7) is 6.47. The molecule has 0 saturated carbocycles. The number of hydrogen-bond donors (Lipinski definition) is 2. The summed E-state index contributed by atoms with van der Waals surface area (Å²) in [6.07, 6.45) is 2.41. The highest BCUT2D eigenvalue weighted by Gasteiger charge is 2.07. The molecule has 1 aromatic heterocycles. The second-order valence-corrected chi connectivity index (χ2v) is 4.47. The van der Waals surface area contributed by atoms with Crippen LogP contribution in [0.25, 0.3) is 11.3 Å². The van der Waals surface area contributed by atoms with Gasteiger partial charge in [0.05, 0.1) is 18.5 Å². The Morgan fingerprint density at radius 1 is 1.12 bits per heavy atom. The Morgan fingerprint density at radius 2 is 1.82 bits per heavy atom. The van der Waals surface area contributed by atoms with Crippen LogP contribution in [0, 0.1) is 20.8 Å². The Hall–Kier alpha value is -1.61. The second-order valence-electron chi connectivity index (χ2n) is 4.47. The van der Waals surface area contributed by atoms with Crippen LogP contribution in [0.2, 0.25) is 0 Å². The fraction of sp³-hybridized carbons (Fsp3) is 0.357. The predicted molar refractivity (Wildman–Crippen MR) is 69.0 cm³/mol. The monoisotopic (exact) mass is 230 g/mol. The number of aromatic amines is 1. The van der Waals surface area contributed by atoms with Gasteiger partial charge in [0.1, 0.15) is 5.82 Å². The lowest BCUT2D eigenvalue weighted by molar-refractivity contribution is 0.297. The van der Waals surface area contributed by atoms with Crippen molar-refractivity contribution in [2.24, 2.45) is 0 Å². The molecule has 3 heteroatoms. The zero-order valence-electron chi connectivity index (χ0n) is 10.5. The predicted octanol–water partition coefficient (Wildman–Crippen LogP) is 2.54. The third-order valence-electron chi connectivity index (χ3n) is 3.11. The molecular formula is C14H18N2O. The molecule has 2 rings (SSSR count). The number of aryl methyl sites for hydroxylation is 3. The lowest BCUT2D eigenvalue weighted by Crippen LogP contribution is -1.93. The highest BCUT2D eigenvalue weighted by molar-refractivity contribution is 5.64. The molecule has 0 fully saturated rings. The summed E-state index contributed by atoms with van der Waals surface area (Å²) in [5.74, 6) is 0.833. The van der Waals surface area contributed by atoms with E-state index in [2.05, 4.69) is 42.9 Å². The quantitative estimate of drug-likeness (QED) is 0.851. The van der Waals surface area contributed by atoms with E-state index in [9.17, 15) is 0 Å². The molecular weight excluding hydrogens is 212 g/mol. The van der Waals surface area contributed by atoms with Gasteiger partial charge in [-0.05, 0) is 43.5 Å². The fourth-order valence-electron chi connectivity index (χ4n) is 1.98. The third kappa shape index (κ3) is 2.39. The van der Waals surface area contributed by atoms with Crippen molar-refractivity contribution in [3.8, 4) is 11.3 Å². The average Bonchev–Trinajstić information content (AvgIpc) is 2.72. The standard InChI is InChI=1S/C14H18N2O/c1-9-6-11(3)12(7-10(9)2)13-8-15-14(16-13)4-5-17/h6-8,17H,4-5H2,1-3H3,(H,15,16). The Morgan fingerprint density at radius 3 is 2.53 bits per heavy atom. The largest absolute Gasteiger partial charge is 0.396 e. The SMILES string of the molecule is Cc1cc(C)c(-c2cnc(CCO)[nH]2)cc1C. The highest BCUT2D eigenvalue weighted by Crippen LogP contribution is 2.24. The molecule has 2 aromatic rings. The van der Waals surface area contributed by atoms with Crippen molar-refractivity contribution in [3.05, 3.63) is 40.8 Å². The first kappa shape index (κ1) is 11.9. The van der Waals surface area contributed by atoms with Crippen LogP contribution >= 0.6 is 0 Å². The molecule has 90 valence electrons. The highest BCUT2D eigenvalue weighted by atomic mass is 16.3. The van der Waals surface area contributed by atoms with Crippen molar-refractivity contribution in [2.45, 2.75) is 27.2 Å². The maximum Gasteiger partial charge on any atom is 0.108 e. The van der Waals surface area contributed by atoms with Crippen molar-refractivity contribution in [1.29, 1.82) is 0 Å². The van der Waals surface area contributed by atoms with E-state index in [0.29, 0.717) is 6.42 Å². The topological polar surface area (TPSA) is 48.9 Å². The first-order valence-corrected chi connectivity index (χ1v) is 5.84. The van der Waals surface area contributed by atoms with Gasteiger partial charge in [-0.15, -0.1) is 0 Å². The van der Waals surface area contributed by atoms with Gasteiger partial charge in [-0.25, -0.2) is 4.98 Å². The Labute approximate surface area is 102 Å². The van der Waals surface area contributed by atoms with Crippen LogP contribution in [0.3, 0.4) is 0 Å². The summed E-state index contributed by atoms with van der Waals surface area (Å²) in [5, 5.41) is 8.87. The lowest BCUT2D eigenvalue weighted by atomic mass is 9.99. The van der Waals surface area contributed by atoms with E-state index in [1.54, 1.807) is 0 Å². The molecule has 0 saturated heterocycles. The molecule has 0 bridgehead atoms. The molecule has 0 atom stereocenters. The van der Waals surface area contributed by atoms with Crippen LogP contribution in [0.4, 0.5) is 0 Å². The lowest BCUT2D eigenvalue weighted by Gasteiger charge is -2.07. The van der Waals surface area contributed by atoms with Crippen LogP contribution in [-0.4, -0.2) is 21.7 Å². The minimum atomic E-state index is 0.124. The number of imidazole rings is 1. The van der Waals surface area contributed by atoms with Crippen molar-refractivity contribution in [2.75, 3.05) is 6.61 Å². The van der Waals surface area contributed by atoms with E-state index in [0.717, 1.165) is 11.5 Å². The zero-order valence-corrected chi connectivity index (χ0v) is 10.5. The summed E-state index contributed by atoms with van der Waals surface area (Å²) < 4.78 is 0. The molecule has 0 aliphatic carbocycles. The molecule has 1 aromatic carbocycles. The summed E-state index contributed by atoms with van der Waals surface area (Å²) in [5.41, 5.74) is 6.04. The van der Waals surface area contributed by atoms with Gasteiger partial charge in [0.25, 0.3) is 0 Å². The summed E-state index contributed by atoms with van der Waals surface area (Å²) in [4.78, 5) is 7.51. The minimum Gasteiger partial charge on any atom is -0.396 e. The average molecular weight is 230 g/mol. The van der Waals surface area contributed by atoms with Gasteiger partial charge in [0, 0.05) is 12.0 Å². The zero-order chi connectivity index (χ0) is 12.4. The van der Waals surface area contributed by atoms with E-state index in [4.69, 9.17) is 5.11 Å². The molecule has 0 spiro atoms. The summed E-state index contributed by atoms with van der Waals surface area (Å²) in [7, 11) is 0. The van der Waals surface area contributed by atoms with Gasteiger partial charge in [-0.3, -0.25) is 0 Å². The van der Waals surface area contributed by atoms with Crippen LogP contribution in [0.5, 0.6) is 0 Å². The second kappa shape index (κ2) is 4.72. The van der Waals surface area contributed by atoms with E-state index < -0.39 is 0 Å². The van der Waals surface area contributed by atoms with Crippen LogP contribution in [-0.2, 0) is 6.42 Å². The fourth-order valence-corrected chi connectivity index (χ4v) is 1.98. The number of nitrogens with zero attached hydrogens (tertiary/aromatic N) is 1. The number of nitrogens with one attached hydrogen (secondary N) is 1. The van der Waals surface area contributed by atoms with Crippen molar-refractivity contribution >= 4 is 0 Å². The smallest absolute Gasteiger partial charge is 0.108 e. The summed E-state index contributed by atoms with van der Waals surface area (Å²) in [6, 6.07) is 4.37. The Kier molecular flexibility index (Phi) is 3.29. The van der Waals surface area contributed by atoms with Gasteiger partial charge >= 0.3 is 0 Å². The maximum atomic E-state index is 8.87. The first-order valence-electron chi connectivity index (χ1n) is 5.84. The number of rotatable bonds is 3. The van der Waals surface area contributed by atoms with Crippen molar-refractivity contribution < 1.29 is 5.11 Å². The van der Waals surface area contributed by atoms with Gasteiger partial charge in [0.2, 0.25) is 0 Å². The number of benzene rings is 1. The summed E-state index contributed by atoms with van der Waals surface area (Å²) >= 11 is 0.